The van der Waals surface area contributed by atoms with Gasteiger partial charge in [-0.05, 0) is 50.7 Å². The van der Waals surface area contributed by atoms with E-state index in [2.05, 4.69) is 30.0 Å². The predicted molar refractivity (Wildman–Crippen MR) is 78.1 cm³/mol. The molecule has 19 heavy (non-hydrogen) atoms. The first kappa shape index (κ1) is 14.3. The first-order valence-corrected chi connectivity index (χ1v) is 7.02. The Balaban J connectivity index is 1.92. The second-order valence-electron chi connectivity index (χ2n) is 5.53. The Morgan fingerprint density at radius 1 is 1.53 bits per heavy atom. The maximum Gasteiger partial charge on any atom is 0.0992 e. The number of nitriles is 1. The van der Waals surface area contributed by atoms with Crippen LogP contribution in [0.15, 0.2) is 18.2 Å². The van der Waals surface area contributed by atoms with Crippen LogP contribution in [-0.4, -0.2) is 43.5 Å². The highest BCUT2D eigenvalue weighted by molar-refractivity contribution is 6.31. The first-order valence-electron chi connectivity index (χ1n) is 6.64. The number of benzene rings is 1. The molecule has 3 nitrogen and oxygen atoms in total. The third-order valence-corrected chi connectivity index (χ3v) is 4.03. The summed E-state index contributed by atoms with van der Waals surface area (Å²) >= 11 is 6.21. The molecule has 1 unspecified atom stereocenters. The summed E-state index contributed by atoms with van der Waals surface area (Å²) in [4.78, 5) is 4.70. The van der Waals surface area contributed by atoms with Gasteiger partial charge >= 0.3 is 0 Å². The highest BCUT2D eigenvalue weighted by Crippen LogP contribution is 2.21. The summed E-state index contributed by atoms with van der Waals surface area (Å²) in [5.74, 6) is 0.757. The van der Waals surface area contributed by atoms with Crippen LogP contribution in [0.4, 0.5) is 0 Å². The zero-order valence-electron chi connectivity index (χ0n) is 11.6. The van der Waals surface area contributed by atoms with E-state index in [9.17, 15) is 0 Å². The second-order valence-corrected chi connectivity index (χ2v) is 5.94. The summed E-state index contributed by atoms with van der Waals surface area (Å²) in [6.07, 6.45) is 1.28. The van der Waals surface area contributed by atoms with Crippen molar-refractivity contribution in [2.24, 2.45) is 5.92 Å². The highest BCUT2D eigenvalue weighted by atomic mass is 35.5. The van der Waals surface area contributed by atoms with Gasteiger partial charge in [0.1, 0.15) is 0 Å². The van der Waals surface area contributed by atoms with E-state index < -0.39 is 0 Å². The van der Waals surface area contributed by atoms with Gasteiger partial charge in [0.15, 0.2) is 0 Å². The number of halogens is 1. The summed E-state index contributed by atoms with van der Waals surface area (Å²) in [5, 5.41) is 9.51. The van der Waals surface area contributed by atoms with Gasteiger partial charge in [0.05, 0.1) is 11.6 Å². The summed E-state index contributed by atoms with van der Waals surface area (Å²) in [7, 11) is 4.31. The normalized spacial score (nSPS) is 19.8. The molecule has 1 aromatic carbocycles. The average Bonchev–Trinajstić information content (AvgIpc) is 2.77. The lowest BCUT2D eigenvalue weighted by molar-refractivity contribution is 0.267. The van der Waals surface area contributed by atoms with Crippen LogP contribution in [0.2, 0.25) is 5.02 Å². The molecule has 1 fully saturated rings. The van der Waals surface area contributed by atoms with Crippen molar-refractivity contribution in [2.75, 3.05) is 33.7 Å². The average molecular weight is 278 g/mol. The van der Waals surface area contributed by atoms with Gasteiger partial charge in [-0.25, -0.2) is 0 Å². The summed E-state index contributed by atoms with van der Waals surface area (Å²) in [6, 6.07) is 7.64. The molecule has 0 saturated carbocycles. The molecule has 0 aromatic heterocycles. The Kier molecular flexibility index (Phi) is 4.81. The van der Waals surface area contributed by atoms with Gasteiger partial charge in [-0.1, -0.05) is 17.7 Å². The molecule has 102 valence electrons. The molecule has 1 aliphatic rings. The Morgan fingerprint density at radius 2 is 2.32 bits per heavy atom. The van der Waals surface area contributed by atoms with Gasteiger partial charge in [0.2, 0.25) is 0 Å². The molecule has 1 saturated heterocycles. The molecule has 0 bridgehead atoms. The SMILES string of the molecule is CN1CCC(CN(C)Cc2ccc(C#N)cc2Cl)C1. The van der Waals surface area contributed by atoms with Gasteiger partial charge in [-0.2, -0.15) is 5.26 Å². The van der Waals surface area contributed by atoms with Crippen molar-refractivity contribution < 1.29 is 0 Å². The molecule has 0 radical (unpaired) electrons. The third-order valence-electron chi connectivity index (χ3n) is 3.68. The zero-order chi connectivity index (χ0) is 13.8. The fourth-order valence-corrected chi connectivity index (χ4v) is 2.96. The van der Waals surface area contributed by atoms with Crippen LogP contribution in [0.5, 0.6) is 0 Å². The number of hydrogen-bond acceptors (Lipinski definition) is 3. The van der Waals surface area contributed by atoms with Crippen LogP contribution >= 0.6 is 11.6 Å². The monoisotopic (exact) mass is 277 g/mol. The lowest BCUT2D eigenvalue weighted by atomic mass is 10.1. The third kappa shape index (κ3) is 3.94. The molecule has 0 amide bonds. The summed E-state index contributed by atoms with van der Waals surface area (Å²) in [5.41, 5.74) is 1.71. The van der Waals surface area contributed by atoms with Gasteiger partial charge in [0, 0.05) is 24.7 Å². The molecule has 1 aliphatic heterocycles. The van der Waals surface area contributed by atoms with Crippen molar-refractivity contribution in [2.45, 2.75) is 13.0 Å². The van der Waals surface area contributed by atoms with E-state index in [1.807, 2.05) is 12.1 Å². The van der Waals surface area contributed by atoms with Crippen molar-refractivity contribution in [3.63, 3.8) is 0 Å². The van der Waals surface area contributed by atoms with E-state index in [0.29, 0.717) is 10.6 Å². The van der Waals surface area contributed by atoms with E-state index >= 15 is 0 Å². The number of hydrogen-bond donors (Lipinski definition) is 0. The Morgan fingerprint density at radius 3 is 2.89 bits per heavy atom. The summed E-state index contributed by atoms with van der Waals surface area (Å²) < 4.78 is 0. The smallest absolute Gasteiger partial charge is 0.0992 e. The topological polar surface area (TPSA) is 30.3 Å². The second kappa shape index (κ2) is 6.38. The van der Waals surface area contributed by atoms with E-state index in [0.717, 1.165) is 24.6 Å². The lowest BCUT2D eigenvalue weighted by Crippen LogP contribution is -2.27. The minimum atomic E-state index is 0.619. The van der Waals surface area contributed by atoms with Crippen molar-refractivity contribution in [1.29, 1.82) is 5.26 Å². The van der Waals surface area contributed by atoms with Crippen LogP contribution in [0.25, 0.3) is 0 Å². The van der Waals surface area contributed by atoms with Crippen LogP contribution in [0.3, 0.4) is 0 Å². The van der Waals surface area contributed by atoms with E-state index in [-0.39, 0.29) is 0 Å². The quantitative estimate of drug-likeness (QED) is 0.847. The van der Waals surface area contributed by atoms with Gasteiger partial charge in [0.25, 0.3) is 0 Å². The minimum Gasteiger partial charge on any atom is -0.306 e. The summed E-state index contributed by atoms with van der Waals surface area (Å²) in [6.45, 7) is 4.33. The molecular weight excluding hydrogens is 258 g/mol. The predicted octanol–water partition coefficient (Wildman–Crippen LogP) is 2.60. The van der Waals surface area contributed by atoms with E-state index in [1.54, 1.807) is 6.07 Å². The van der Waals surface area contributed by atoms with Crippen LogP contribution in [0.1, 0.15) is 17.5 Å². The largest absolute Gasteiger partial charge is 0.306 e. The van der Waals surface area contributed by atoms with Gasteiger partial charge < -0.3 is 9.80 Å². The molecule has 1 aromatic rings. The highest BCUT2D eigenvalue weighted by Gasteiger charge is 2.20. The van der Waals surface area contributed by atoms with Crippen molar-refractivity contribution in [3.05, 3.63) is 34.3 Å². The number of nitrogens with zero attached hydrogens (tertiary/aromatic N) is 3. The van der Waals surface area contributed by atoms with Crippen LogP contribution in [0, 0.1) is 17.2 Å². The fraction of sp³-hybridized carbons (Fsp3) is 0.533. The number of rotatable bonds is 4. The molecular formula is C15H20ClN3. The maximum absolute atomic E-state index is 8.83. The van der Waals surface area contributed by atoms with Crippen molar-refractivity contribution >= 4 is 11.6 Å². The molecule has 4 heteroatoms. The minimum absolute atomic E-state index is 0.619. The standard InChI is InChI=1S/C15H20ClN3/c1-18-6-5-13(9-18)10-19(2)11-14-4-3-12(8-17)7-15(14)16/h3-4,7,13H,5-6,9-11H2,1-2H3. The van der Waals surface area contributed by atoms with Gasteiger partial charge in [-0.15, -0.1) is 0 Å². The zero-order valence-corrected chi connectivity index (χ0v) is 12.3. The first-order chi connectivity index (χ1) is 9.08. The Labute approximate surface area is 120 Å². The number of likely N-dealkylation sites (tertiary alicyclic amines) is 1. The molecule has 1 atom stereocenters. The lowest BCUT2D eigenvalue weighted by Gasteiger charge is -2.21. The van der Waals surface area contributed by atoms with E-state index in [1.165, 1.54) is 19.5 Å². The van der Waals surface area contributed by atoms with Gasteiger partial charge in [-0.3, -0.25) is 0 Å². The molecule has 0 aliphatic carbocycles. The molecule has 2 rings (SSSR count). The maximum atomic E-state index is 8.83. The molecule has 0 N–H and O–H groups in total. The van der Waals surface area contributed by atoms with Crippen molar-refractivity contribution in [3.8, 4) is 6.07 Å². The van der Waals surface area contributed by atoms with E-state index in [4.69, 9.17) is 16.9 Å². The van der Waals surface area contributed by atoms with Crippen LogP contribution < -0.4 is 0 Å². The molecule has 1 heterocycles. The fourth-order valence-electron chi connectivity index (χ4n) is 2.72. The van der Waals surface area contributed by atoms with Crippen molar-refractivity contribution in [1.82, 2.24) is 9.80 Å². The van der Waals surface area contributed by atoms with Crippen LogP contribution in [-0.2, 0) is 6.54 Å². The Bertz CT molecular complexity index is 481. The molecule has 0 spiro atoms. The Hall–Kier alpha value is -1.08.